The van der Waals surface area contributed by atoms with Gasteiger partial charge in [-0.2, -0.15) is 0 Å². The highest BCUT2D eigenvalue weighted by molar-refractivity contribution is 6.31. The van der Waals surface area contributed by atoms with Crippen molar-refractivity contribution >= 4 is 17.5 Å². The first-order valence-corrected chi connectivity index (χ1v) is 7.31. The zero-order chi connectivity index (χ0) is 14.8. The normalized spacial score (nSPS) is 15.3. The van der Waals surface area contributed by atoms with Gasteiger partial charge >= 0.3 is 0 Å². The van der Waals surface area contributed by atoms with E-state index in [-0.39, 0.29) is 12.0 Å². The van der Waals surface area contributed by atoms with Crippen molar-refractivity contribution in [2.24, 2.45) is 0 Å². The van der Waals surface area contributed by atoms with Gasteiger partial charge in [-0.3, -0.25) is 0 Å². The van der Waals surface area contributed by atoms with Crippen LogP contribution in [0.15, 0.2) is 22.9 Å². The average molecular weight is 309 g/mol. The summed E-state index contributed by atoms with van der Waals surface area (Å²) < 4.78 is 16.5. The van der Waals surface area contributed by atoms with Gasteiger partial charge in [0.05, 0.1) is 25.0 Å². The molecule has 5 nitrogen and oxygen atoms in total. The van der Waals surface area contributed by atoms with Crippen LogP contribution in [0.4, 0.5) is 5.88 Å². The number of aromatic nitrogens is 1. The van der Waals surface area contributed by atoms with Gasteiger partial charge in [-0.25, -0.2) is 0 Å². The second-order valence-corrected chi connectivity index (χ2v) is 5.55. The number of benzene rings is 1. The van der Waals surface area contributed by atoms with E-state index in [0.29, 0.717) is 22.1 Å². The van der Waals surface area contributed by atoms with Crippen LogP contribution >= 0.6 is 11.6 Å². The number of ether oxygens (including phenoxy) is 2. The molecule has 1 aromatic carbocycles. The van der Waals surface area contributed by atoms with E-state index in [1.165, 1.54) is 12.8 Å². The Labute approximate surface area is 128 Å². The molecule has 0 amide bonds. The van der Waals surface area contributed by atoms with E-state index in [1.54, 1.807) is 25.4 Å². The predicted molar refractivity (Wildman–Crippen MR) is 80.8 cm³/mol. The molecule has 112 valence electrons. The first kappa shape index (κ1) is 14.1. The molecule has 0 spiro atoms. The second-order valence-electron chi connectivity index (χ2n) is 5.11. The molecule has 3 rings (SSSR count). The molecule has 1 aromatic heterocycles. The van der Waals surface area contributed by atoms with E-state index >= 15 is 0 Å². The molecule has 1 fully saturated rings. The summed E-state index contributed by atoms with van der Waals surface area (Å²) in [6.45, 7) is 0. The topological polar surface area (TPSA) is 70.5 Å². The summed E-state index contributed by atoms with van der Waals surface area (Å²) in [7, 11) is 1.59. The molecule has 2 aromatic rings. The van der Waals surface area contributed by atoms with E-state index in [1.807, 2.05) is 0 Å². The molecule has 0 atom stereocenters. The predicted octanol–water partition coefficient (Wildman–Crippen LogP) is 3.91. The van der Waals surface area contributed by atoms with Crippen LogP contribution in [0.5, 0.6) is 11.5 Å². The fourth-order valence-corrected chi connectivity index (χ4v) is 2.87. The Morgan fingerprint density at radius 2 is 2.05 bits per heavy atom. The average Bonchev–Trinajstić information content (AvgIpc) is 3.11. The van der Waals surface area contributed by atoms with Crippen LogP contribution in [-0.4, -0.2) is 18.4 Å². The monoisotopic (exact) mass is 308 g/mol. The zero-order valence-electron chi connectivity index (χ0n) is 11.8. The Hall–Kier alpha value is -1.88. The molecular formula is C15H17ClN2O3. The molecule has 0 radical (unpaired) electrons. The van der Waals surface area contributed by atoms with Gasteiger partial charge in [-0.15, -0.1) is 0 Å². The number of nitrogens with two attached hydrogens (primary N) is 1. The van der Waals surface area contributed by atoms with Gasteiger partial charge < -0.3 is 19.7 Å². The Morgan fingerprint density at radius 1 is 1.29 bits per heavy atom. The number of anilines is 1. The van der Waals surface area contributed by atoms with Gasteiger partial charge in [0.2, 0.25) is 5.88 Å². The van der Waals surface area contributed by atoms with Gasteiger partial charge in [0, 0.05) is 16.7 Å². The minimum absolute atomic E-state index is 0.194. The summed E-state index contributed by atoms with van der Waals surface area (Å²) >= 11 is 6.16. The smallest absolute Gasteiger partial charge is 0.230 e. The maximum absolute atomic E-state index is 6.16. The van der Waals surface area contributed by atoms with E-state index < -0.39 is 0 Å². The molecule has 1 aliphatic rings. The Morgan fingerprint density at radius 3 is 2.67 bits per heavy atom. The van der Waals surface area contributed by atoms with Crippen molar-refractivity contribution in [1.82, 2.24) is 5.16 Å². The summed E-state index contributed by atoms with van der Waals surface area (Å²) in [6.07, 6.45) is 6.22. The maximum Gasteiger partial charge on any atom is 0.230 e. The third-order valence-electron chi connectivity index (χ3n) is 3.71. The number of nitrogen functional groups attached to an aromatic ring is 1. The van der Waals surface area contributed by atoms with E-state index in [9.17, 15) is 0 Å². The molecule has 0 bridgehead atoms. The summed E-state index contributed by atoms with van der Waals surface area (Å²) in [5.74, 6) is 1.46. The minimum Gasteiger partial charge on any atom is -0.493 e. The van der Waals surface area contributed by atoms with Crippen molar-refractivity contribution in [3.05, 3.63) is 23.4 Å². The standard InChI is InChI=1S/C15H17ClN2O3/c1-19-13-7-9(16)6-11(12-8-18-21-15(12)17)14(13)20-10-4-2-3-5-10/h6-8,10H,2-5,17H2,1H3. The summed E-state index contributed by atoms with van der Waals surface area (Å²) in [5, 5.41) is 4.26. The quantitative estimate of drug-likeness (QED) is 0.927. The van der Waals surface area contributed by atoms with E-state index in [2.05, 4.69) is 5.16 Å². The third-order valence-corrected chi connectivity index (χ3v) is 3.93. The molecule has 21 heavy (non-hydrogen) atoms. The lowest BCUT2D eigenvalue weighted by Crippen LogP contribution is -2.12. The minimum atomic E-state index is 0.194. The van der Waals surface area contributed by atoms with E-state index in [0.717, 1.165) is 18.4 Å². The summed E-state index contributed by atoms with van der Waals surface area (Å²) in [6, 6.07) is 3.52. The van der Waals surface area contributed by atoms with Gasteiger partial charge in [0.15, 0.2) is 11.5 Å². The van der Waals surface area contributed by atoms with Crippen LogP contribution in [0.1, 0.15) is 25.7 Å². The number of methoxy groups -OCH3 is 1. The Bertz CT molecular complexity index is 636. The molecule has 1 saturated carbocycles. The Kier molecular flexibility index (Phi) is 3.92. The first-order valence-electron chi connectivity index (χ1n) is 6.93. The highest BCUT2D eigenvalue weighted by Crippen LogP contribution is 2.44. The molecule has 1 heterocycles. The van der Waals surface area contributed by atoms with Gasteiger partial charge in [-0.05, 0) is 31.7 Å². The largest absolute Gasteiger partial charge is 0.493 e. The highest BCUT2D eigenvalue weighted by atomic mass is 35.5. The molecular weight excluding hydrogens is 292 g/mol. The van der Waals surface area contributed by atoms with Crippen molar-refractivity contribution in [2.75, 3.05) is 12.8 Å². The number of nitrogens with zero attached hydrogens (tertiary/aromatic N) is 1. The fourth-order valence-electron chi connectivity index (χ4n) is 2.67. The Balaban J connectivity index is 2.07. The fraction of sp³-hybridized carbons (Fsp3) is 0.400. The van der Waals surface area contributed by atoms with Crippen molar-refractivity contribution in [2.45, 2.75) is 31.8 Å². The van der Waals surface area contributed by atoms with Crippen LogP contribution in [0.25, 0.3) is 11.1 Å². The number of halogens is 1. The highest BCUT2D eigenvalue weighted by Gasteiger charge is 2.23. The third kappa shape index (κ3) is 2.78. The molecule has 0 saturated heterocycles. The van der Waals surface area contributed by atoms with Crippen LogP contribution in [0, 0.1) is 0 Å². The van der Waals surface area contributed by atoms with Crippen LogP contribution in [0.2, 0.25) is 5.02 Å². The van der Waals surface area contributed by atoms with Crippen LogP contribution < -0.4 is 15.2 Å². The lowest BCUT2D eigenvalue weighted by molar-refractivity contribution is 0.202. The van der Waals surface area contributed by atoms with Gasteiger partial charge in [-0.1, -0.05) is 16.8 Å². The van der Waals surface area contributed by atoms with Crippen molar-refractivity contribution in [3.8, 4) is 22.6 Å². The number of hydrogen-bond acceptors (Lipinski definition) is 5. The molecule has 0 aliphatic heterocycles. The van der Waals surface area contributed by atoms with Gasteiger partial charge in [0.1, 0.15) is 0 Å². The van der Waals surface area contributed by atoms with Crippen molar-refractivity contribution in [1.29, 1.82) is 0 Å². The molecule has 2 N–H and O–H groups in total. The lowest BCUT2D eigenvalue weighted by atomic mass is 10.1. The van der Waals surface area contributed by atoms with E-state index in [4.69, 9.17) is 31.3 Å². The molecule has 6 heteroatoms. The van der Waals surface area contributed by atoms with Gasteiger partial charge in [0.25, 0.3) is 0 Å². The second kappa shape index (κ2) is 5.85. The molecule has 0 unspecified atom stereocenters. The number of rotatable bonds is 4. The summed E-state index contributed by atoms with van der Waals surface area (Å²) in [4.78, 5) is 0. The van der Waals surface area contributed by atoms with Crippen molar-refractivity contribution in [3.63, 3.8) is 0 Å². The lowest BCUT2D eigenvalue weighted by Gasteiger charge is -2.19. The summed E-state index contributed by atoms with van der Waals surface area (Å²) in [5.41, 5.74) is 7.22. The number of hydrogen-bond donors (Lipinski definition) is 1. The van der Waals surface area contributed by atoms with Crippen LogP contribution in [-0.2, 0) is 0 Å². The first-order chi connectivity index (χ1) is 10.2. The molecule has 1 aliphatic carbocycles. The van der Waals surface area contributed by atoms with Crippen LogP contribution in [0.3, 0.4) is 0 Å². The zero-order valence-corrected chi connectivity index (χ0v) is 12.5. The SMILES string of the molecule is COc1cc(Cl)cc(-c2cnoc2N)c1OC1CCCC1. The van der Waals surface area contributed by atoms with Crippen molar-refractivity contribution < 1.29 is 14.0 Å². The maximum atomic E-state index is 6.16.